The number of aromatic nitrogens is 1. The standard InChI is InChI=1S/C21H23N3O2/c1-23(2)14-15-24(16-17-8-4-3-5-9-17)21(25)13-12-20-22-18-10-6-7-11-19(18)26-20/h3-13H,14-16H2,1-2H3/b13-12+. The zero-order chi connectivity index (χ0) is 18.4. The molecule has 0 spiro atoms. The van der Waals surface area contributed by atoms with Crippen molar-refractivity contribution in [2.24, 2.45) is 0 Å². The molecule has 2 aromatic carbocycles. The second-order valence-electron chi connectivity index (χ2n) is 6.40. The van der Waals surface area contributed by atoms with Gasteiger partial charge in [-0.15, -0.1) is 0 Å². The van der Waals surface area contributed by atoms with E-state index in [1.54, 1.807) is 6.08 Å². The second kappa shape index (κ2) is 8.45. The number of hydrogen-bond donors (Lipinski definition) is 0. The van der Waals surface area contributed by atoms with Crippen molar-refractivity contribution in [3.8, 4) is 0 Å². The molecule has 0 bridgehead atoms. The van der Waals surface area contributed by atoms with Gasteiger partial charge in [-0.05, 0) is 31.8 Å². The first-order valence-corrected chi connectivity index (χ1v) is 8.63. The number of nitrogens with zero attached hydrogens (tertiary/aromatic N) is 3. The molecular formula is C21H23N3O2. The summed E-state index contributed by atoms with van der Waals surface area (Å²) >= 11 is 0. The predicted octanol–water partition coefficient (Wildman–Crippen LogP) is 3.43. The van der Waals surface area contributed by atoms with E-state index in [2.05, 4.69) is 9.88 Å². The highest BCUT2D eigenvalue weighted by Crippen LogP contribution is 2.15. The molecule has 5 heteroatoms. The summed E-state index contributed by atoms with van der Waals surface area (Å²) in [5, 5.41) is 0. The highest BCUT2D eigenvalue weighted by molar-refractivity contribution is 5.91. The molecule has 0 atom stereocenters. The number of benzene rings is 2. The van der Waals surface area contributed by atoms with Crippen LogP contribution in [0.1, 0.15) is 11.5 Å². The lowest BCUT2D eigenvalue weighted by atomic mass is 10.2. The van der Waals surface area contributed by atoms with Gasteiger partial charge in [-0.3, -0.25) is 4.79 Å². The average molecular weight is 349 g/mol. The van der Waals surface area contributed by atoms with E-state index in [0.717, 1.165) is 17.6 Å². The first-order chi connectivity index (χ1) is 12.6. The van der Waals surface area contributed by atoms with Gasteiger partial charge in [0.25, 0.3) is 0 Å². The Morgan fingerprint density at radius 2 is 1.77 bits per heavy atom. The zero-order valence-electron chi connectivity index (χ0n) is 15.1. The first kappa shape index (κ1) is 17.9. The fourth-order valence-electron chi connectivity index (χ4n) is 2.60. The summed E-state index contributed by atoms with van der Waals surface area (Å²) in [5.41, 5.74) is 2.61. The van der Waals surface area contributed by atoms with Crippen molar-refractivity contribution in [2.45, 2.75) is 6.54 Å². The van der Waals surface area contributed by atoms with Crippen LogP contribution in [0, 0.1) is 0 Å². The van der Waals surface area contributed by atoms with E-state index in [-0.39, 0.29) is 5.91 Å². The van der Waals surface area contributed by atoms with Crippen molar-refractivity contribution in [1.82, 2.24) is 14.8 Å². The first-order valence-electron chi connectivity index (χ1n) is 8.63. The van der Waals surface area contributed by atoms with Crippen LogP contribution < -0.4 is 0 Å². The monoisotopic (exact) mass is 349 g/mol. The Hall–Kier alpha value is -2.92. The molecule has 0 unspecified atom stereocenters. The van der Waals surface area contributed by atoms with Gasteiger partial charge in [0.2, 0.25) is 11.8 Å². The van der Waals surface area contributed by atoms with Gasteiger partial charge in [0.15, 0.2) is 5.58 Å². The molecule has 0 saturated carbocycles. The lowest BCUT2D eigenvalue weighted by Crippen LogP contribution is -2.35. The fourth-order valence-corrected chi connectivity index (χ4v) is 2.60. The average Bonchev–Trinajstić information content (AvgIpc) is 3.07. The van der Waals surface area contributed by atoms with Gasteiger partial charge in [-0.2, -0.15) is 0 Å². The number of para-hydroxylation sites is 2. The summed E-state index contributed by atoms with van der Waals surface area (Å²) in [7, 11) is 4.00. The van der Waals surface area contributed by atoms with Gasteiger partial charge in [-0.1, -0.05) is 42.5 Å². The predicted molar refractivity (Wildman–Crippen MR) is 103 cm³/mol. The maximum Gasteiger partial charge on any atom is 0.247 e. The van der Waals surface area contributed by atoms with Gasteiger partial charge in [-0.25, -0.2) is 4.98 Å². The molecule has 1 amide bonds. The van der Waals surface area contributed by atoms with Gasteiger partial charge >= 0.3 is 0 Å². The molecule has 5 nitrogen and oxygen atoms in total. The molecule has 0 N–H and O–H groups in total. The summed E-state index contributed by atoms with van der Waals surface area (Å²) < 4.78 is 5.64. The fraction of sp³-hybridized carbons (Fsp3) is 0.238. The van der Waals surface area contributed by atoms with Crippen LogP contribution in [0.3, 0.4) is 0 Å². The van der Waals surface area contributed by atoms with Gasteiger partial charge < -0.3 is 14.2 Å². The number of likely N-dealkylation sites (N-methyl/N-ethyl adjacent to an activating group) is 1. The number of hydrogen-bond acceptors (Lipinski definition) is 4. The molecule has 0 aliphatic heterocycles. The minimum absolute atomic E-state index is 0.0574. The SMILES string of the molecule is CN(C)CCN(Cc1ccccc1)C(=O)/C=C/c1nc2ccccc2o1. The third-order valence-electron chi connectivity index (χ3n) is 4.02. The molecule has 0 radical (unpaired) electrons. The Morgan fingerprint density at radius 1 is 1.04 bits per heavy atom. The summed E-state index contributed by atoms with van der Waals surface area (Å²) in [6, 6.07) is 17.6. The van der Waals surface area contributed by atoms with Crippen molar-refractivity contribution in [3.63, 3.8) is 0 Å². The van der Waals surface area contributed by atoms with Crippen LogP contribution in [-0.2, 0) is 11.3 Å². The minimum atomic E-state index is -0.0574. The molecule has 0 aliphatic rings. The van der Waals surface area contributed by atoms with Crippen LogP contribution in [0.15, 0.2) is 65.1 Å². The Balaban J connectivity index is 1.72. The smallest absolute Gasteiger partial charge is 0.247 e. The summed E-state index contributed by atoms with van der Waals surface area (Å²) in [6.07, 6.45) is 3.17. The van der Waals surface area contributed by atoms with Crippen molar-refractivity contribution < 1.29 is 9.21 Å². The third kappa shape index (κ3) is 4.80. The zero-order valence-corrected chi connectivity index (χ0v) is 15.1. The number of oxazole rings is 1. The quantitative estimate of drug-likeness (QED) is 0.613. The summed E-state index contributed by atoms with van der Waals surface area (Å²) in [6.45, 7) is 2.03. The lowest BCUT2D eigenvalue weighted by molar-refractivity contribution is -0.126. The molecule has 134 valence electrons. The van der Waals surface area contributed by atoms with Crippen LogP contribution in [0.25, 0.3) is 17.2 Å². The van der Waals surface area contributed by atoms with E-state index >= 15 is 0 Å². The number of amides is 1. The van der Waals surface area contributed by atoms with Gasteiger partial charge in [0.05, 0.1) is 0 Å². The maximum absolute atomic E-state index is 12.7. The molecule has 3 rings (SSSR count). The summed E-state index contributed by atoms with van der Waals surface area (Å²) in [4.78, 5) is 21.0. The van der Waals surface area contributed by atoms with E-state index in [4.69, 9.17) is 4.42 Å². The number of rotatable bonds is 7. The number of carbonyl (C=O) groups excluding carboxylic acids is 1. The maximum atomic E-state index is 12.7. The van der Waals surface area contributed by atoms with Crippen molar-refractivity contribution in [2.75, 3.05) is 27.2 Å². The second-order valence-corrected chi connectivity index (χ2v) is 6.40. The van der Waals surface area contributed by atoms with Gasteiger partial charge in [0.1, 0.15) is 5.52 Å². The normalized spacial score (nSPS) is 11.5. The van der Waals surface area contributed by atoms with Crippen molar-refractivity contribution >= 4 is 23.1 Å². The van der Waals surface area contributed by atoms with E-state index in [1.807, 2.05) is 73.6 Å². The van der Waals surface area contributed by atoms with Crippen LogP contribution in [-0.4, -0.2) is 47.9 Å². The molecule has 0 saturated heterocycles. The third-order valence-corrected chi connectivity index (χ3v) is 4.02. The van der Waals surface area contributed by atoms with E-state index in [1.165, 1.54) is 6.08 Å². The van der Waals surface area contributed by atoms with Crippen LogP contribution in [0.2, 0.25) is 0 Å². The molecule has 0 fully saturated rings. The summed E-state index contributed by atoms with van der Waals surface area (Å²) in [5.74, 6) is 0.379. The van der Waals surface area contributed by atoms with Crippen molar-refractivity contribution in [3.05, 3.63) is 72.1 Å². The molecule has 3 aromatic rings. The Morgan fingerprint density at radius 3 is 2.50 bits per heavy atom. The molecule has 1 heterocycles. The topological polar surface area (TPSA) is 49.6 Å². The highest BCUT2D eigenvalue weighted by Gasteiger charge is 2.12. The molecule has 0 aliphatic carbocycles. The van der Waals surface area contributed by atoms with Crippen LogP contribution in [0.4, 0.5) is 0 Å². The Kier molecular flexibility index (Phi) is 5.81. The lowest BCUT2D eigenvalue weighted by Gasteiger charge is -2.23. The van der Waals surface area contributed by atoms with Gasteiger partial charge in [0, 0.05) is 31.8 Å². The highest BCUT2D eigenvalue weighted by atomic mass is 16.3. The van der Waals surface area contributed by atoms with E-state index in [9.17, 15) is 4.79 Å². The van der Waals surface area contributed by atoms with Crippen LogP contribution >= 0.6 is 0 Å². The van der Waals surface area contributed by atoms with Crippen LogP contribution in [0.5, 0.6) is 0 Å². The Labute approximate surface area is 153 Å². The largest absolute Gasteiger partial charge is 0.437 e. The molecule has 1 aromatic heterocycles. The van der Waals surface area contributed by atoms with E-state index in [0.29, 0.717) is 24.6 Å². The minimum Gasteiger partial charge on any atom is -0.437 e. The number of fused-ring (bicyclic) bond motifs is 1. The van der Waals surface area contributed by atoms with Crippen molar-refractivity contribution in [1.29, 1.82) is 0 Å². The Bertz CT molecular complexity index is 851. The number of carbonyl (C=O) groups is 1. The molecular weight excluding hydrogens is 326 g/mol. The molecule has 26 heavy (non-hydrogen) atoms. The van der Waals surface area contributed by atoms with E-state index < -0.39 is 0 Å².